The van der Waals surface area contributed by atoms with Gasteiger partial charge in [0.1, 0.15) is 17.4 Å². The molecule has 0 radical (unpaired) electrons. The highest BCUT2D eigenvalue weighted by molar-refractivity contribution is 5.91. The standard InChI is InChI=1S/C19H20F2N2O3/c1-13(12-15-16(20)5-2-6-17(15)21)23-19(25)9-10-22-18(24)8-7-14-4-3-11-26-14/h2-8,11,13H,9-10,12H2,1H3,(H,22,24)(H,23,25). The summed E-state index contributed by atoms with van der Waals surface area (Å²) in [6.07, 6.45) is 4.42. The van der Waals surface area contributed by atoms with Crippen molar-refractivity contribution < 1.29 is 22.8 Å². The second kappa shape index (κ2) is 9.50. The number of hydrogen-bond donors (Lipinski definition) is 2. The number of hydrogen-bond acceptors (Lipinski definition) is 3. The number of carbonyl (C=O) groups excluding carboxylic acids is 2. The molecule has 1 atom stereocenters. The SMILES string of the molecule is CC(Cc1c(F)cccc1F)NC(=O)CCNC(=O)C=Cc1ccco1. The predicted octanol–water partition coefficient (Wildman–Crippen LogP) is 2.82. The van der Waals surface area contributed by atoms with Crippen molar-refractivity contribution in [1.82, 2.24) is 10.6 Å². The van der Waals surface area contributed by atoms with Crippen LogP contribution >= 0.6 is 0 Å². The molecule has 1 aromatic heterocycles. The average molecular weight is 362 g/mol. The highest BCUT2D eigenvalue weighted by atomic mass is 19.1. The summed E-state index contributed by atoms with van der Waals surface area (Å²) in [5.74, 6) is -1.39. The van der Waals surface area contributed by atoms with Crippen LogP contribution in [0.5, 0.6) is 0 Å². The highest BCUT2D eigenvalue weighted by Gasteiger charge is 2.14. The first-order chi connectivity index (χ1) is 12.5. The van der Waals surface area contributed by atoms with Crippen molar-refractivity contribution in [2.75, 3.05) is 6.54 Å². The Labute approximate surface area is 150 Å². The molecule has 2 amide bonds. The molecule has 1 aromatic carbocycles. The zero-order chi connectivity index (χ0) is 18.9. The summed E-state index contributed by atoms with van der Waals surface area (Å²) >= 11 is 0. The van der Waals surface area contributed by atoms with Crippen LogP contribution in [0.3, 0.4) is 0 Å². The van der Waals surface area contributed by atoms with E-state index in [-0.39, 0.29) is 36.8 Å². The smallest absolute Gasteiger partial charge is 0.244 e. The summed E-state index contributed by atoms with van der Waals surface area (Å²) in [5.41, 5.74) is -0.0586. The van der Waals surface area contributed by atoms with Gasteiger partial charge in [-0.2, -0.15) is 0 Å². The predicted molar refractivity (Wildman–Crippen MR) is 93.0 cm³/mol. The third-order valence-electron chi connectivity index (χ3n) is 3.57. The maximum atomic E-state index is 13.6. The molecule has 0 bridgehead atoms. The van der Waals surface area contributed by atoms with E-state index in [1.165, 1.54) is 36.6 Å². The van der Waals surface area contributed by atoms with E-state index in [4.69, 9.17) is 4.42 Å². The topological polar surface area (TPSA) is 71.3 Å². The van der Waals surface area contributed by atoms with Gasteiger partial charge >= 0.3 is 0 Å². The molecule has 0 saturated heterocycles. The van der Waals surface area contributed by atoms with E-state index < -0.39 is 17.7 Å². The molecule has 7 heteroatoms. The van der Waals surface area contributed by atoms with Gasteiger partial charge in [0.15, 0.2) is 0 Å². The molecule has 1 heterocycles. The molecule has 0 fully saturated rings. The Morgan fingerprint density at radius 2 is 1.92 bits per heavy atom. The largest absolute Gasteiger partial charge is 0.465 e. The molecule has 1 unspecified atom stereocenters. The molecular weight excluding hydrogens is 342 g/mol. The molecule has 26 heavy (non-hydrogen) atoms. The zero-order valence-corrected chi connectivity index (χ0v) is 14.3. The Bertz CT molecular complexity index is 753. The Morgan fingerprint density at radius 3 is 2.58 bits per heavy atom. The van der Waals surface area contributed by atoms with Crippen LogP contribution in [0.1, 0.15) is 24.7 Å². The Morgan fingerprint density at radius 1 is 1.19 bits per heavy atom. The average Bonchev–Trinajstić information content (AvgIpc) is 3.10. The molecular formula is C19H20F2N2O3. The Balaban J connectivity index is 1.70. The summed E-state index contributed by atoms with van der Waals surface area (Å²) in [6.45, 7) is 1.81. The summed E-state index contributed by atoms with van der Waals surface area (Å²) in [4.78, 5) is 23.5. The van der Waals surface area contributed by atoms with Gasteiger partial charge in [0.2, 0.25) is 11.8 Å². The number of rotatable bonds is 8. The lowest BCUT2D eigenvalue weighted by Crippen LogP contribution is -2.36. The number of nitrogens with one attached hydrogen (secondary N) is 2. The zero-order valence-electron chi connectivity index (χ0n) is 14.3. The van der Waals surface area contributed by atoms with Crippen molar-refractivity contribution in [3.63, 3.8) is 0 Å². The highest BCUT2D eigenvalue weighted by Crippen LogP contribution is 2.14. The quantitative estimate of drug-likeness (QED) is 0.710. The van der Waals surface area contributed by atoms with E-state index in [0.29, 0.717) is 5.76 Å². The monoisotopic (exact) mass is 362 g/mol. The fourth-order valence-electron chi connectivity index (χ4n) is 2.33. The van der Waals surface area contributed by atoms with Crippen molar-refractivity contribution >= 4 is 17.9 Å². The molecule has 0 aliphatic rings. The van der Waals surface area contributed by atoms with Crippen molar-refractivity contribution in [1.29, 1.82) is 0 Å². The number of amides is 2. The lowest BCUT2D eigenvalue weighted by atomic mass is 10.1. The van der Waals surface area contributed by atoms with Gasteiger partial charge in [-0.1, -0.05) is 6.07 Å². The van der Waals surface area contributed by atoms with Gasteiger partial charge in [0.25, 0.3) is 0 Å². The van der Waals surface area contributed by atoms with E-state index in [9.17, 15) is 18.4 Å². The first-order valence-corrected chi connectivity index (χ1v) is 8.17. The number of furan rings is 1. The normalized spacial score (nSPS) is 12.1. The molecule has 2 aromatic rings. The summed E-state index contributed by atoms with van der Waals surface area (Å²) in [6, 6.07) is 6.62. The van der Waals surface area contributed by atoms with Crippen LogP contribution in [0.25, 0.3) is 6.08 Å². The van der Waals surface area contributed by atoms with E-state index >= 15 is 0 Å². The van der Waals surface area contributed by atoms with Crippen LogP contribution in [0.2, 0.25) is 0 Å². The van der Waals surface area contributed by atoms with Crippen LogP contribution < -0.4 is 10.6 Å². The number of halogens is 2. The van der Waals surface area contributed by atoms with Crippen LogP contribution in [0, 0.1) is 11.6 Å². The first kappa shape index (κ1) is 19.4. The molecule has 5 nitrogen and oxygen atoms in total. The maximum Gasteiger partial charge on any atom is 0.244 e. The fourth-order valence-corrected chi connectivity index (χ4v) is 2.33. The molecule has 0 spiro atoms. The third kappa shape index (κ3) is 6.16. The molecule has 138 valence electrons. The van der Waals surface area contributed by atoms with E-state index in [1.54, 1.807) is 19.1 Å². The second-order valence-electron chi connectivity index (χ2n) is 5.76. The van der Waals surface area contributed by atoms with E-state index in [1.807, 2.05) is 0 Å². The van der Waals surface area contributed by atoms with Gasteiger partial charge in [-0.25, -0.2) is 8.78 Å². The minimum atomic E-state index is -0.637. The minimum Gasteiger partial charge on any atom is -0.465 e. The van der Waals surface area contributed by atoms with Crippen molar-refractivity contribution in [3.8, 4) is 0 Å². The molecule has 0 saturated carbocycles. The third-order valence-corrected chi connectivity index (χ3v) is 3.57. The van der Waals surface area contributed by atoms with Gasteiger partial charge in [0, 0.05) is 30.6 Å². The number of benzene rings is 1. The van der Waals surface area contributed by atoms with Crippen LogP contribution in [-0.4, -0.2) is 24.4 Å². The maximum absolute atomic E-state index is 13.6. The van der Waals surface area contributed by atoms with E-state index in [0.717, 1.165) is 0 Å². The molecule has 2 N–H and O–H groups in total. The van der Waals surface area contributed by atoms with Crippen molar-refractivity contribution in [2.45, 2.75) is 25.8 Å². The molecule has 0 aliphatic heterocycles. The molecule has 2 rings (SSSR count). The van der Waals surface area contributed by atoms with Crippen molar-refractivity contribution in [3.05, 3.63) is 65.6 Å². The number of carbonyl (C=O) groups is 2. The minimum absolute atomic E-state index is 0.0441. The van der Waals surface area contributed by atoms with Crippen LogP contribution in [-0.2, 0) is 16.0 Å². The first-order valence-electron chi connectivity index (χ1n) is 8.17. The Hall–Kier alpha value is -2.96. The summed E-state index contributed by atoms with van der Waals surface area (Å²) < 4.78 is 32.3. The van der Waals surface area contributed by atoms with Gasteiger partial charge in [-0.05, 0) is 43.7 Å². The van der Waals surface area contributed by atoms with Crippen LogP contribution in [0.15, 0.2) is 47.1 Å². The lowest BCUT2D eigenvalue weighted by Gasteiger charge is -2.15. The van der Waals surface area contributed by atoms with Gasteiger partial charge < -0.3 is 15.1 Å². The second-order valence-corrected chi connectivity index (χ2v) is 5.76. The van der Waals surface area contributed by atoms with Gasteiger partial charge in [-0.15, -0.1) is 0 Å². The van der Waals surface area contributed by atoms with Gasteiger partial charge in [-0.3, -0.25) is 9.59 Å². The van der Waals surface area contributed by atoms with Crippen LogP contribution in [0.4, 0.5) is 8.78 Å². The Kier molecular flexibility index (Phi) is 7.08. The lowest BCUT2D eigenvalue weighted by molar-refractivity contribution is -0.121. The van der Waals surface area contributed by atoms with Crippen molar-refractivity contribution in [2.24, 2.45) is 0 Å². The van der Waals surface area contributed by atoms with E-state index in [2.05, 4.69) is 10.6 Å². The fraction of sp³-hybridized carbons (Fsp3) is 0.263. The van der Waals surface area contributed by atoms with Gasteiger partial charge in [0.05, 0.1) is 6.26 Å². The molecule has 0 aliphatic carbocycles. The summed E-state index contributed by atoms with van der Waals surface area (Å²) in [5, 5.41) is 5.22. The summed E-state index contributed by atoms with van der Waals surface area (Å²) in [7, 11) is 0.